The van der Waals surface area contributed by atoms with Crippen molar-refractivity contribution in [2.45, 2.75) is 13.1 Å². The first kappa shape index (κ1) is 15.0. The van der Waals surface area contributed by atoms with Gasteiger partial charge in [-0.1, -0.05) is 22.0 Å². The lowest BCUT2D eigenvalue weighted by atomic mass is 10.1. The van der Waals surface area contributed by atoms with Crippen LogP contribution in [0.15, 0.2) is 47.2 Å². The van der Waals surface area contributed by atoms with Gasteiger partial charge in [-0.3, -0.25) is 9.88 Å². The first-order valence-corrected chi connectivity index (χ1v) is 7.18. The number of hydrogen-bond donors (Lipinski definition) is 2. The second kappa shape index (κ2) is 7.38. The van der Waals surface area contributed by atoms with E-state index >= 15 is 0 Å². The molecule has 0 saturated carbocycles. The third kappa shape index (κ3) is 4.30. The summed E-state index contributed by atoms with van der Waals surface area (Å²) in [4.78, 5) is 6.16. The van der Waals surface area contributed by atoms with E-state index in [1.54, 1.807) is 18.3 Å². The SMILES string of the molecule is OCCN(Cc1cccnc1)Cc1cc(Br)ccc1O. The van der Waals surface area contributed by atoms with Gasteiger partial charge in [0.1, 0.15) is 5.75 Å². The number of phenolic OH excluding ortho intramolecular Hbond substituents is 1. The molecule has 0 bridgehead atoms. The molecule has 0 radical (unpaired) electrons. The van der Waals surface area contributed by atoms with Crippen LogP contribution < -0.4 is 0 Å². The summed E-state index contributed by atoms with van der Waals surface area (Å²) in [6, 6.07) is 9.25. The summed E-state index contributed by atoms with van der Waals surface area (Å²) in [7, 11) is 0. The van der Waals surface area contributed by atoms with Crippen LogP contribution >= 0.6 is 15.9 Å². The number of aliphatic hydroxyl groups excluding tert-OH is 1. The Labute approximate surface area is 126 Å². The van der Waals surface area contributed by atoms with Crippen LogP contribution in [0.25, 0.3) is 0 Å². The molecule has 106 valence electrons. The van der Waals surface area contributed by atoms with E-state index in [0.717, 1.165) is 15.6 Å². The van der Waals surface area contributed by atoms with Crippen LogP contribution in [0.2, 0.25) is 0 Å². The van der Waals surface area contributed by atoms with Crippen molar-refractivity contribution in [3.8, 4) is 5.75 Å². The summed E-state index contributed by atoms with van der Waals surface area (Å²) in [5.41, 5.74) is 1.91. The van der Waals surface area contributed by atoms with E-state index < -0.39 is 0 Å². The number of hydrogen-bond acceptors (Lipinski definition) is 4. The van der Waals surface area contributed by atoms with Gasteiger partial charge in [-0.25, -0.2) is 0 Å². The predicted octanol–water partition coefficient (Wildman–Crippen LogP) is 2.54. The van der Waals surface area contributed by atoms with Crippen LogP contribution in [-0.4, -0.2) is 33.2 Å². The third-order valence-electron chi connectivity index (χ3n) is 2.98. The van der Waals surface area contributed by atoms with Crippen LogP contribution in [-0.2, 0) is 13.1 Å². The molecule has 0 fully saturated rings. The van der Waals surface area contributed by atoms with Crippen LogP contribution in [0.3, 0.4) is 0 Å². The molecule has 0 aliphatic heterocycles. The van der Waals surface area contributed by atoms with Gasteiger partial charge >= 0.3 is 0 Å². The standard InChI is InChI=1S/C15H17BrN2O2/c16-14-3-4-15(20)13(8-14)11-18(6-7-19)10-12-2-1-5-17-9-12/h1-5,8-9,19-20H,6-7,10-11H2. The summed E-state index contributed by atoms with van der Waals surface area (Å²) in [6.07, 6.45) is 3.55. The van der Waals surface area contributed by atoms with Gasteiger partial charge in [0.25, 0.3) is 0 Å². The molecular weight excluding hydrogens is 320 g/mol. The van der Waals surface area contributed by atoms with Crippen LogP contribution in [0.1, 0.15) is 11.1 Å². The highest BCUT2D eigenvalue weighted by molar-refractivity contribution is 9.10. The van der Waals surface area contributed by atoms with Gasteiger partial charge in [-0.15, -0.1) is 0 Å². The second-order valence-corrected chi connectivity index (χ2v) is 5.48. The van der Waals surface area contributed by atoms with Gasteiger partial charge in [0, 0.05) is 42.1 Å². The van der Waals surface area contributed by atoms with Crippen molar-refractivity contribution in [1.29, 1.82) is 0 Å². The Morgan fingerprint density at radius 2 is 2.05 bits per heavy atom. The highest BCUT2D eigenvalue weighted by Gasteiger charge is 2.10. The average molecular weight is 337 g/mol. The molecule has 0 amide bonds. The van der Waals surface area contributed by atoms with Gasteiger partial charge in [0.15, 0.2) is 0 Å². The largest absolute Gasteiger partial charge is 0.508 e. The molecule has 0 unspecified atom stereocenters. The summed E-state index contributed by atoms with van der Waals surface area (Å²) >= 11 is 3.40. The quantitative estimate of drug-likeness (QED) is 0.851. The minimum absolute atomic E-state index is 0.0784. The lowest BCUT2D eigenvalue weighted by Crippen LogP contribution is -2.26. The van der Waals surface area contributed by atoms with Crippen molar-refractivity contribution in [1.82, 2.24) is 9.88 Å². The molecule has 5 heteroatoms. The zero-order valence-electron chi connectivity index (χ0n) is 11.0. The highest BCUT2D eigenvalue weighted by atomic mass is 79.9. The monoisotopic (exact) mass is 336 g/mol. The van der Waals surface area contributed by atoms with E-state index in [-0.39, 0.29) is 12.4 Å². The molecule has 2 N–H and O–H groups in total. The van der Waals surface area contributed by atoms with Gasteiger partial charge in [0.05, 0.1) is 6.61 Å². The first-order chi connectivity index (χ1) is 9.69. The smallest absolute Gasteiger partial charge is 0.120 e. The highest BCUT2D eigenvalue weighted by Crippen LogP contribution is 2.23. The number of aliphatic hydroxyl groups is 1. The number of pyridine rings is 1. The fraction of sp³-hybridized carbons (Fsp3) is 0.267. The maximum absolute atomic E-state index is 9.90. The Bertz CT molecular complexity index is 549. The van der Waals surface area contributed by atoms with Gasteiger partial charge in [0.2, 0.25) is 0 Å². The summed E-state index contributed by atoms with van der Waals surface area (Å²) in [6.45, 7) is 1.87. The Morgan fingerprint density at radius 1 is 1.20 bits per heavy atom. The molecule has 0 spiro atoms. The fourth-order valence-electron chi connectivity index (χ4n) is 2.03. The van der Waals surface area contributed by atoms with E-state index in [1.165, 1.54) is 0 Å². The third-order valence-corrected chi connectivity index (χ3v) is 3.47. The van der Waals surface area contributed by atoms with E-state index in [2.05, 4.69) is 25.8 Å². The predicted molar refractivity (Wildman–Crippen MR) is 81.2 cm³/mol. The summed E-state index contributed by atoms with van der Waals surface area (Å²) < 4.78 is 0.927. The van der Waals surface area contributed by atoms with E-state index in [4.69, 9.17) is 0 Å². The molecule has 2 aromatic rings. The Morgan fingerprint density at radius 3 is 2.75 bits per heavy atom. The fourth-order valence-corrected chi connectivity index (χ4v) is 2.44. The van der Waals surface area contributed by atoms with Crippen molar-refractivity contribution in [2.75, 3.05) is 13.2 Å². The van der Waals surface area contributed by atoms with Crippen LogP contribution in [0.4, 0.5) is 0 Å². The number of aromatic nitrogens is 1. The van der Waals surface area contributed by atoms with E-state index in [0.29, 0.717) is 19.6 Å². The molecule has 0 aliphatic rings. The number of nitrogens with zero attached hydrogens (tertiary/aromatic N) is 2. The maximum Gasteiger partial charge on any atom is 0.120 e. The number of halogens is 1. The van der Waals surface area contributed by atoms with Gasteiger partial charge < -0.3 is 10.2 Å². The Hall–Kier alpha value is -1.43. The first-order valence-electron chi connectivity index (χ1n) is 6.38. The molecule has 1 aromatic carbocycles. The lowest BCUT2D eigenvalue weighted by molar-refractivity contribution is 0.183. The molecule has 0 aliphatic carbocycles. The zero-order chi connectivity index (χ0) is 14.4. The van der Waals surface area contributed by atoms with Crippen molar-refractivity contribution in [2.24, 2.45) is 0 Å². The van der Waals surface area contributed by atoms with Gasteiger partial charge in [-0.05, 0) is 29.8 Å². The molecule has 20 heavy (non-hydrogen) atoms. The van der Waals surface area contributed by atoms with Crippen molar-refractivity contribution in [3.05, 3.63) is 58.3 Å². The van der Waals surface area contributed by atoms with Crippen LogP contribution in [0.5, 0.6) is 5.75 Å². The number of aromatic hydroxyl groups is 1. The summed E-state index contributed by atoms with van der Waals surface area (Å²) in [5, 5.41) is 19.1. The number of rotatable bonds is 6. The van der Waals surface area contributed by atoms with Gasteiger partial charge in [-0.2, -0.15) is 0 Å². The van der Waals surface area contributed by atoms with Crippen molar-refractivity contribution < 1.29 is 10.2 Å². The van der Waals surface area contributed by atoms with Crippen molar-refractivity contribution >= 4 is 15.9 Å². The molecule has 4 nitrogen and oxygen atoms in total. The molecule has 1 aromatic heterocycles. The molecule has 2 rings (SSSR count). The minimum atomic E-state index is 0.0784. The molecular formula is C15H17BrN2O2. The molecule has 1 heterocycles. The number of phenols is 1. The normalized spacial score (nSPS) is 10.9. The second-order valence-electron chi connectivity index (χ2n) is 4.57. The maximum atomic E-state index is 9.90. The average Bonchev–Trinajstić information content (AvgIpc) is 2.44. The Kier molecular flexibility index (Phi) is 5.52. The topological polar surface area (TPSA) is 56.6 Å². The minimum Gasteiger partial charge on any atom is -0.508 e. The summed E-state index contributed by atoms with van der Waals surface area (Å²) in [5.74, 6) is 0.266. The van der Waals surface area contributed by atoms with E-state index in [1.807, 2.05) is 24.4 Å². The molecule has 0 saturated heterocycles. The van der Waals surface area contributed by atoms with E-state index in [9.17, 15) is 10.2 Å². The zero-order valence-corrected chi connectivity index (χ0v) is 12.6. The van der Waals surface area contributed by atoms with Crippen molar-refractivity contribution in [3.63, 3.8) is 0 Å². The molecule has 0 atom stereocenters. The number of benzene rings is 1. The van der Waals surface area contributed by atoms with Crippen LogP contribution in [0, 0.1) is 0 Å². The lowest BCUT2D eigenvalue weighted by Gasteiger charge is -2.22. The Balaban J connectivity index is 2.11.